The second kappa shape index (κ2) is 7.61. The van der Waals surface area contributed by atoms with Crippen molar-refractivity contribution in [3.63, 3.8) is 0 Å². The van der Waals surface area contributed by atoms with E-state index < -0.39 is 0 Å². The SMILES string of the molecule is Cc1ccccc1-n1c(C)c2[n+](c1C)-c1ccccc1C2(C1CCCCC1)C1CCCC1. The topological polar surface area (TPSA) is 8.81 Å². The Hall–Kier alpha value is -2.35. The first kappa shape index (κ1) is 20.3. The summed E-state index contributed by atoms with van der Waals surface area (Å²) in [5.74, 6) is 2.89. The summed E-state index contributed by atoms with van der Waals surface area (Å²) in [5, 5.41) is 0. The molecule has 2 aromatic carbocycles. The van der Waals surface area contributed by atoms with Crippen molar-refractivity contribution >= 4 is 0 Å². The molecule has 2 heterocycles. The highest BCUT2D eigenvalue weighted by Gasteiger charge is 2.60. The minimum absolute atomic E-state index is 0.177. The number of hydrogen-bond donors (Lipinski definition) is 0. The Balaban J connectivity index is 1.69. The number of rotatable bonds is 3. The Labute approximate surface area is 193 Å². The van der Waals surface area contributed by atoms with Gasteiger partial charge in [0.15, 0.2) is 5.69 Å². The van der Waals surface area contributed by atoms with Crippen LogP contribution in [0.2, 0.25) is 0 Å². The van der Waals surface area contributed by atoms with Gasteiger partial charge in [-0.1, -0.05) is 68.5 Å². The monoisotopic (exact) mass is 425 g/mol. The summed E-state index contributed by atoms with van der Waals surface area (Å²) < 4.78 is 5.23. The fourth-order valence-electron chi connectivity index (χ4n) is 7.97. The van der Waals surface area contributed by atoms with Crippen LogP contribution in [-0.2, 0) is 5.41 Å². The third-order valence-corrected chi connectivity index (χ3v) is 9.14. The van der Waals surface area contributed by atoms with Crippen molar-refractivity contribution in [2.75, 3.05) is 0 Å². The number of fused-ring (bicyclic) bond motifs is 3. The van der Waals surface area contributed by atoms with Gasteiger partial charge in [0.2, 0.25) is 0 Å². The first-order chi connectivity index (χ1) is 15.7. The quantitative estimate of drug-likeness (QED) is 0.398. The van der Waals surface area contributed by atoms with Crippen LogP contribution < -0.4 is 4.57 Å². The first-order valence-electron chi connectivity index (χ1n) is 13.0. The van der Waals surface area contributed by atoms with Gasteiger partial charge in [0, 0.05) is 19.4 Å². The van der Waals surface area contributed by atoms with Crippen LogP contribution in [0.4, 0.5) is 0 Å². The van der Waals surface area contributed by atoms with Crippen molar-refractivity contribution in [1.82, 2.24) is 4.57 Å². The highest BCUT2D eigenvalue weighted by atomic mass is 15.2. The zero-order valence-electron chi connectivity index (χ0n) is 20.0. The molecular weight excluding hydrogens is 388 g/mol. The molecule has 0 spiro atoms. The molecule has 1 aliphatic heterocycles. The number of para-hydroxylation sites is 2. The molecule has 0 radical (unpaired) electrons. The molecule has 2 fully saturated rings. The van der Waals surface area contributed by atoms with E-state index in [4.69, 9.17) is 0 Å². The van der Waals surface area contributed by atoms with E-state index in [1.54, 1.807) is 11.3 Å². The van der Waals surface area contributed by atoms with E-state index in [-0.39, 0.29) is 5.41 Å². The highest BCUT2D eigenvalue weighted by molar-refractivity contribution is 5.54. The van der Waals surface area contributed by atoms with Crippen molar-refractivity contribution in [2.24, 2.45) is 11.8 Å². The van der Waals surface area contributed by atoms with Gasteiger partial charge in [0.1, 0.15) is 17.1 Å². The van der Waals surface area contributed by atoms with Gasteiger partial charge < -0.3 is 0 Å². The molecule has 1 unspecified atom stereocenters. The summed E-state index contributed by atoms with van der Waals surface area (Å²) in [6.07, 6.45) is 12.6. The standard InChI is InChI=1S/C30H37N2/c1-21-13-7-11-19-27(21)31-22(2)29-30(25-16-8-9-17-25,24-14-5-4-6-15-24)26-18-10-12-20-28(26)32(29)23(31)3/h7,10-13,18-20,24-25H,4-6,8-9,14-17H2,1-3H3/q+1. The molecule has 1 aromatic heterocycles. The van der Waals surface area contributed by atoms with Crippen LogP contribution in [0.1, 0.15) is 86.1 Å². The van der Waals surface area contributed by atoms with Gasteiger partial charge in [0.25, 0.3) is 5.82 Å². The van der Waals surface area contributed by atoms with Gasteiger partial charge in [-0.2, -0.15) is 9.13 Å². The second-order valence-electron chi connectivity index (χ2n) is 10.6. The van der Waals surface area contributed by atoms with Crippen molar-refractivity contribution < 1.29 is 4.57 Å². The number of hydrogen-bond acceptors (Lipinski definition) is 0. The van der Waals surface area contributed by atoms with E-state index in [2.05, 4.69) is 78.4 Å². The molecule has 3 aliphatic rings. The molecule has 6 rings (SSSR count). The van der Waals surface area contributed by atoms with E-state index in [0.717, 1.165) is 11.8 Å². The van der Waals surface area contributed by atoms with Gasteiger partial charge >= 0.3 is 0 Å². The summed E-state index contributed by atoms with van der Waals surface area (Å²) in [5.41, 5.74) is 9.04. The lowest BCUT2D eigenvalue weighted by molar-refractivity contribution is -0.607. The van der Waals surface area contributed by atoms with Crippen LogP contribution in [0, 0.1) is 32.6 Å². The smallest absolute Gasteiger partial charge is 0.197 e. The molecule has 0 N–H and O–H groups in total. The van der Waals surface area contributed by atoms with Crippen LogP contribution in [0.25, 0.3) is 11.4 Å². The fourth-order valence-corrected chi connectivity index (χ4v) is 7.97. The molecule has 0 bridgehead atoms. The number of aryl methyl sites for hydroxylation is 1. The predicted octanol–water partition coefficient (Wildman–Crippen LogP) is 7.05. The average Bonchev–Trinajstić information content (AvgIpc) is 3.51. The maximum absolute atomic E-state index is 2.67. The molecule has 166 valence electrons. The Bertz CT molecular complexity index is 1160. The molecule has 1 atom stereocenters. The van der Waals surface area contributed by atoms with Crippen LogP contribution >= 0.6 is 0 Å². The van der Waals surface area contributed by atoms with Crippen molar-refractivity contribution in [3.8, 4) is 11.4 Å². The van der Waals surface area contributed by atoms with Crippen molar-refractivity contribution in [3.05, 3.63) is 76.9 Å². The van der Waals surface area contributed by atoms with E-state index >= 15 is 0 Å². The third-order valence-electron chi connectivity index (χ3n) is 9.14. The zero-order valence-corrected chi connectivity index (χ0v) is 20.0. The maximum atomic E-state index is 2.67. The second-order valence-corrected chi connectivity index (χ2v) is 10.6. The Kier molecular flexibility index (Phi) is 4.82. The van der Waals surface area contributed by atoms with Gasteiger partial charge in [-0.15, -0.1) is 0 Å². The number of benzene rings is 2. The molecule has 0 saturated heterocycles. The maximum Gasteiger partial charge on any atom is 0.264 e. The fraction of sp³-hybridized carbons (Fsp3) is 0.500. The van der Waals surface area contributed by atoms with Crippen LogP contribution in [0.5, 0.6) is 0 Å². The van der Waals surface area contributed by atoms with E-state index in [1.165, 1.54) is 86.2 Å². The molecule has 32 heavy (non-hydrogen) atoms. The summed E-state index contributed by atoms with van der Waals surface area (Å²) >= 11 is 0. The Morgan fingerprint density at radius 3 is 2.03 bits per heavy atom. The highest BCUT2D eigenvalue weighted by Crippen LogP contribution is 2.58. The minimum Gasteiger partial charge on any atom is -0.197 e. The summed E-state index contributed by atoms with van der Waals surface area (Å²) in [6, 6.07) is 18.3. The van der Waals surface area contributed by atoms with Gasteiger partial charge in [-0.25, -0.2) is 0 Å². The van der Waals surface area contributed by atoms with Gasteiger partial charge in [0.05, 0.1) is 5.41 Å². The van der Waals surface area contributed by atoms with Crippen molar-refractivity contribution in [1.29, 1.82) is 0 Å². The lowest BCUT2D eigenvalue weighted by Gasteiger charge is -2.43. The number of imidazole rings is 1. The average molecular weight is 426 g/mol. The summed E-state index contributed by atoms with van der Waals surface area (Å²) in [7, 11) is 0. The van der Waals surface area contributed by atoms with E-state index in [9.17, 15) is 0 Å². The van der Waals surface area contributed by atoms with Gasteiger partial charge in [-0.05, 0) is 62.1 Å². The van der Waals surface area contributed by atoms with Crippen LogP contribution in [-0.4, -0.2) is 4.57 Å². The van der Waals surface area contributed by atoms with Crippen LogP contribution in [0.15, 0.2) is 48.5 Å². The lowest BCUT2D eigenvalue weighted by Crippen LogP contribution is -2.46. The minimum atomic E-state index is 0.177. The molecule has 3 aromatic rings. The predicted molar refractivity (Wildman–Crippen MR) is 131 cm³/mol. The third kappa shape index (κ3) is 2.62. The lowest BCUT2D eigenvalue weighted by atomic mass is 9.57. The summed E-state index contributed by atoms with van der Waals surface area (Å²) in [6.45, 7) is 7.00. The number of aromatic nitrogens is 2. The molecule has 0 amide bonds. The molecule has 2 saturated carbocycles. The number of nitrogens with zero attached hydrogens (tertiary/aromatic N) is 2. The molecule has 2 aliphatic carbocycles. The first-order valence-corrected chi connectivity index (χ1v) is 13.0. The molecular formula is C30H37N2+. The van der Waals surface area contributed by atoms with Crippen LogP contribution in [0.3, 0.4) is 0 Å². The van der Waals surface area contributed by atoms with Gasteiger partial charge in [-0.3, -0.25) is 0 Å². The zero-order chi connectivity index (χ0) is 21.9. The normalized spacial score (nSPS) is 23.5. The van der Waals surface area contributed by atoms with Crippen molar-refractivity contribution in [2.45, 2.75) is 84.0 Å². The largest absolute Gasteiger partial charge is 0.264 e. The molecule has 2 nitrogen and oxygen atoms in total. The molecule has 2 heteroatoms. The van der Waals surface area contributed by atoms with E-state index in [0.29, 0.717) is 0 Å². The Morgan fingerprint density at radius 2 is 1.34 bits per heavy atom. The Morgan fingerprint density at radius 1 is 0.750 bits per heavy atom. The summed E-state index contributed by atoms with van der Waals surface area (Å²) in [4.78, 5) is 0. The van der Waals surface area contributed by atoms with E-state index in [1.807, 2.05) is 0 Å².